The zero-order chi connectivity index (χ0) is 7.11. The lowest BCUT2D eigenvalue weighted by Crippen LogP contribution is -2.35. The molecule has 0 heterocycles. The van der Waals surface area contributed by atoms with Crippen molar-refractivity contribution in [3.05, 3.63) is 0 Å². The summed E-state index contributed by atoms with van der Waals surface area (Å²) in [5, 5.41) is 0. The Morgan fingerprint density at radius 2 is 2.33 bits per heavy atom. The Balaban J connectivity index is 2.83. The van der Waals surface area contributed by atoms with Crippen LogP contribution in [0.15, 0.2) is 0 Å². The third-order valence-corrected chi connectivity index (χ3v) is 0.626. The maximum atomic E-state index is 10.2. The summed E-state index contributed by atoms with van der Waals surface area (Å²) in [6, 6.07) is 0. The van der Waals surface area contributed by atoms with Crippen molar-refractivity contribution in [1.29, 1.82) is 0 Å². The Hall–Kier alpha value is -0.450. The summed E-state index contributed by atoms with van der Waals surface area (Å²) in [5.74, 6) is 0.0715. The van der Waals surface area contributed by atoms with Crippen LogP contribution in [-0.2, 0) is 9.63 Å². The maximum absolute atomic E-state index is 10.2. The Morgan fingerprint density at radius 1 is 1.67 bits per heavy atom. The molecule has 0 radical (unpaired) electrons. The molecule has 0 bridgehead atoms. The molecule has 0 aliphatic heterocycles. The fourth-order valence-corrected chi connectivity index (χ4v) is 0.284. The van der Waals surface area contributed by atoms with Crippen molar-refractivity contribution in [2.45, 2.75) is 13.8 Å². The number of hydrazine groups is 1. The third-order valence-electron chi connectivity index (χ3n) is 0.626. The van der Waals surface area contributed by atoms with Crippen LogP contribution >= 0.6 is 0 Å². The third kappa shape index (κ3) is 7.55. The Kier molecular flexibility index (Phi) is 5.40. The molecule has 9 heavy (non-hydrogen) atoms. The van der Waals surface area contributed by atoms with E-state index in [2.05, 4.69) is 15.9 Å². The van der Waals surface area contributed by atoms with Gasteiger partial charge in [-0.25, -0.2) is 5.43 Å². The molecule has 0 aromatic carbocycles. The van der Waals surface area contributed by atoms with Crippen molar-refractivity contribution in [1.82, 2.24) is 11.0 Å². The van der Waals surface area contributed by atoms with Gasteiger partial charge in [-0.05, 0) is 13.8 Å². The molecule has 0 spiro atoms. The summed E-state index contributed by atoms with van der Waals surface area (Å²) in [6.07, 6.45) is 0. The first-order valence-corrected chi connectivity index (χ1v) is 2.86. The van der Waals surface area contributed by atoms with E-state index in [1.807, 2.05) is 6.92 Å². The van der Waals surface area contributed by atoms with Crippen LogP contribution in [0.2, 0.25) is 0 Å². The van der Waals surface area contributed by atoms with Crippen molar-refractivity contribution < 1.29 is 9.63 Å². The molecule has 2 N–H and O–H groups in total. The zero-order valence-corrected chi connectivity index (χ0v) is 5.73. The van der Waals surface area contributed by atoms with Gasteiger partial charge in [0.15, 0.2) is 0 Å². The van der Waals surface area contributed by atoms with E-state index in [1.54, 1.807) is 0 Å². The topological polar surface area (TPSA) is 50.4 Å². The molecule has 54 valence electrons. The van der Waals surface area contributed by atoms with Gasteiger partial charge < -0.3 is 0 Å². The van der Waals surface area contributed by atoms with Crippen molar-refractivity contribution >= 4 is 5.78 Å². The smallest absolute Gasteiger partial charge is 0.145 e. The molecule has 4 heteroatoms. The van der Waals surface area contributed by atoms with Crippen LogP contribution in [-0.4, -0.2) is 18.9 Å². The number of nitrogens with one attached hydrogen (secondary N) is 2. The Bertz CT molecular complexity index is 85.0. The highest BCUT2D eigenvalue weighted by Gasteiger charge is 1.87. The fraction of sp³-hybridized carbons (Fsp3) is 0.800. The van der Waals surface area contributed by atoms with E-state index in [0.29, 0.717) is 13.2 Å². The van der Waals surface area contributed by atoms with Gasteiger partial charge in [-0.3, -0.25) is 9.63 Å². The van der Waals surface area contributed by atoms with E-state index < -0.39 is 0 Å². The second-order valence-electron chi connectivity index (χ2n) is 1.59. The molecule has 0 saturated heterocycles. The molecule has 0 aromatic heterocycles. The van der Waals surface area contributed by atoms with Gasteiger partial charge in [-0.15, -0.1) is 5.59 Å². The molecular weight excluding hydrogens is 120 g/mol. The van der Waals surface area contributed by atoms with E-state index in [1.165, 1.54) is 6.92 Å². The first-order chi connectivity index (χ1) is 4.27. The van der Waals surface area contributed by atoms with Crippen molar-refractivity contribution in [2.24, 2.45) is 0 Å². The normalized spacial score (nSPS) is 9.56. The summed E-state index contributed by atoms with van der Waals surface area (Å²) in [5.41, 5.74) is 4.96. The van der Waals surface area contributed by atoms with Gasteiger partial charge in [0.05, 0.1) is 13.2 Å². The molecule has 0 rings (SSSR count). The van der Waals surface area contributed by atoms with Gasteiger partial charge in [0, 0.05) is 0 Å². The number of Topliss-reactive ketones (excluding diaryl/α,β-unsaturated/α-hetero) is 1. The molecule has 0 unspecified atom stereocenters. The van der Waals surface area contributed by atoms with Crippen LogP contribution in [0, 0.1) is 0 Å². The highest BCUT2D eigenvalue weighted by atomic mass is 16.7. The quantitative estimate of drug-likeness (QED) is 0.395. The lowest BCUT2D eigenvalue weighted by molar-refractivity contribution is -0.117. The van der Waals surface area contributed by atoms with Gasteiger partial charge in [0.1, 0.15) is 5.78 Å². The highest BCUT2D eigenvalue weighted by molar-refractivity contribution is 5.77. The summed E-state index contributed by atoms with van der Waals surface area (Å²) in [4.78, 5) is 14.9. The average molecular weight is 132 g/mol. The predicted octanol–water partition coefficient (Wildman–Crippen LogP) is -0.379. The highest BCUT2D eigenvalue weighted by Crippen LogP contribution is 1.61. The van der Waals surface area contributed by atoms with Gasteiger partial charge in [-0.2, -0.15) is 0 Å². The van der Waals surface area contributed by atoms with Crippen LogP contribution in [0.25, 0.3) is 0 Å². The number of carbonyl (C=O) groups is 1. The van der Waals surface area contributed by atoms with Crippen LogP contribution in [0.4, 0.5) is 0 Å². The molecule has 0 aromatic rings. The summed E-state index contributed by atoms with van der Waals surface area (Å²) in [6.45, 7) is 4.22. The standard InChI is InChI=1S/C5H12N2O2/c1-3-9-7-6-4-5(2)8/h6-7H,3-4H2,1-2H3. The molecule has 0 amide bonds. The maximum Gasteiger partial charge on any atom is 0.145 e. The predicted molar refractivity (Wildman–Crippen MR) is 33.4 cm³/mol. The molecule has 0 aliphatic rings. The second-order valence-corrected chi connectivity index (χ2v) is 1.59. The van der Waals surface area contributed by atoms with Gasteiger partial charge >= 0.3 is 0 Å². The van der Waals surface area contributed by atoms with Gasteiger partial charge in [-0.1, -0.05) is 0 Å². The van der Waals surface area contributed by atoms with Gasteiger partial charge in [0.2, 0.25) is 0 Å². The van der Waals surface area contributed by atoms with Crippen molar-refractivity contribution in [3.8, 4) is 0 Å². The number of hydrogen-bond acceptors (Lipinski definition) is 4. The second kappa shape index (κ2) is 5.68. The van der Waals surface area contributed by atoms with E-state index >= 15 is 0 Å². The minimum absolute atomic E-state index is 0.0715. The Morgan fingerprint density at radius 3 is 2.78 bits per heavy atom. The zero-order valence-electron chi connectivity index (χ0n) is 5.73. The summed E-state index contributed by atoms with van der Waals surface area (Å²) in [7, 11) is 0. The summed E-state index contributed by atoms with van der Waals surface area (Å²) >= 11 is 0. The minimum Gasteiger partial charge on any atom is -0.299 e. The first-order valence-electron chi connectivity index (χ1n) is 2.86. The van der Waals surface area contributed by atoms with E-state index in [4.69, 9.17) is 0 Å². The number of hydrogen-bond donors (Lipinski definition) is 2. The van der Waals surface area contributed by atoms with E-state index in [9.17, 15) is 4.79 Å². The first kappa shape index (κ1) is 8.55. The lowest BCUT2D eigenvalue weighted by Gasteiger charge is -2.01. The number of carbonyl (C=O) groups excluding carboxylic acids is 1. The van der Waals surface area contributed by atoms with Crippen LogP contribution < -0.4 is 11.0 Å². The molecular formula is C5H12N2O2. The van der Waals surface area contributed by atoms with Crippen LogP contribution in [0.1, 0.15) is 13.8 Å². The molecule has 0 aliphatic carbocycles. The Labute approximate surface area is 54.5 Å². The molecule has 0 saturated carbocycles. The van der Waals surface area contributed by atoms with Crippen molar-refractivity contribution in [2.75, 3.05) is 13.2 Å². The van der Waals surface area contributed by atoms with E-state index in [-0.39, 0.29) is 5.78 Å². The molecule has 0 atom stereocenters. The molecule has 0 fully saturated rings. The van der Waals surface area contributed by atoms with Crippen molar-refractivity contribution in [3.63, 3.8) is 0 Å². The summed E-state index contributed by atoms with van der Waals surface area (Å²) < 4.78 is 0. The largest absolute Gasteiger partial charge is 0.299 e. The van der Waals surface area contributed by atoms with Crippen LogP contribution in [0.3, 0.4) is 0 Å². The van der Waals surface area contributed by atoms with E-state index in [0.717, 1.165) is 0 Å². The minimum atomic E-state index is 0.0715. The fourth-order valence-electron chi connectivity index (χ4n) is 0.284. The lowest BCUT2D eigenvalue weighted by atomic mass is 10.5. The monoisotopic (exact) mass is 132 g/mol. The van der Waals surface area contributed by atoms with Crippen LogP contribution in [0.5, 0.6) is 0 Å². The van der Waals surface area contributed by atoms with Gasteiger partial charge in [0.25, 0.3) is 0 Å². The SMILES string of the molecule is CCONNCC(C)=O. The average Bonchev–Trinajstić information content (AvgIpc) is 1.80. The number of rotatable bonds is 5. The number of ketones is 1. The molecule has 4 nitrogen and oxygen atoms in total.